The Morgan fingerprint density at radius 3 is 2.18 bits per heavy atom. The monoisotopic (exact) mass is 841 g/mol. The maximum atomic E-state index is 14.5. The summed E-state index contributed by atoms with van der Waals surface area (Å²) in [6.45, 7) is 10.0. The van der Waals surface area contributed by atoms with E-state index >= 15 is 0 Å². The van der Waals surface area contributed by atoms with Crippen molar-refractivity contribution >= 4 is 50.7 Å². The Bertz CT molecular complexity index is 2350. The fourth-order valence-corrected chi connectivity index (χ4v) is 9.10. The van der Waals surface area contributed by atoms with Gasteiger partial charge in [-0.3, -0.25) is 24.1 Å². The van der Waals surface area contributed by atoms with Crippen molar-refractivity contribution in [3.63, 3.8) is 0 Å². The quantitative estimate of drug-likeness (QED) is 0.0569. The molecule has 0 aromatic heterocycles. The summed E-state index contributed by atoms with van der Waals surface area (Å²) in [7, 11) is 3.47. The van der Waals surface area contributed by atoms with Crippen LogP contribution in [-0.4, -0.2) is 136 Å². The molecule has 0 bridgehead atoms. The number of unbranched alkanes of at least 4 members (excludes halogenated alkanes) is 1. The van der Waals surface area contributed by atoms with Crippen molar-refractivity contribution in [2.45, 2.75) is 57.4 Å². The van der Waals surface area contributed by atoms with Gasteiger partial charge in [-0.25, -0.2) is 8.42 Å². The van der Waals surface area contributed by atoms with Crippen molar-refractivity contribution in [3.8, 4) is 0 Å². The van der Waals surface area contributed by atoms with Gasteiger partial charge in [-0.15, -0.1) is 0 Å². The summed E-state index contributed by atoms with van der Waals surface area (Å²) in [5.74, 6) is -3.02. The molecule has 2 aromatic carbocycles. The minimum Gasteiger partial charge on any atom is -0.748 e. The van der Waals surface area contributed by atoms with Crippen molar-refractivity contribution in [1.82, 2.24) is 15.5 Å². The van der Waals surface area contributed by atoms with E-state index in [0.29, 0.717) is 6.54 Å². The summed E-state index contributed by atoms with van der Waals surface area (Å²) in [5, 5.41) is 5.70. The van der Waals surface area contributed by atoms with Crippen LogP contribution in [0.25, 0.3) is 0 Å². The highest BCUT2D eigenvalue weighted by molar-refractivity contribution is 7.85. The molecule has 2 aromatic rings. The van der Waals surface area contributed by atoms with Gasteiger partial charge in [0.15, 0.2) is 11.5 Å². The number of carbonyl (C=O) groups is 4. The number of allylic oxidation sites excluding steroid dienone is 5. The van der Waals surface area contributed by atoms with Crippen LogP contribution in [0.3, 0.4) is 0 Å². The number of hydrogen-bond donors (Lipinski definition) is 2. The molecule has 6 rings (SSSR count). The van der Waals surface area contributed by atoms with Crippen molar-refractivity contribution in [1.29, 1.82) is 0 Å². The van der Waals surface area contributed by atoms with Crippen LogP contribution in [0, 0.1) is 0 Å². The van der Waals surface area contributed by atoms with Crippen LogP contribution in [0.4, 0.5) is 11.4 Å². The molecule has 3 heterocycles. The van der Waals surface area contributed by atoms with E-state index in [9.17, 15) is 32.1 Å². The van der Waals surface area contributed by atoms with Gasteiger partial charge in [0, 0.05) is 65.3 Å². The van der Waals surface area contributed by atoms with Gasteiger partial charge in [0.05, 0.1) is 80.0 Å². The molecule has 1 atom stereocenters. The third-order valence-corrected chi connectivity index (χ3v) is 12.4. The fourth-order valence-electron chi connectivity index (χ4n) is 8.46. The van der Waals surface area contributed by atoms with Gasteiger partial charge < -0.3 is 29.3 Å². The number of ether oxygens (including phenoxy) is 1. The first-order valence-corrected chi connectivity index (χ1v) is 21.9. The Labute approximate surface area is 353 Å². The number of hydrogen-bond acceptors (Lipinski definition) is 10. The molecule has 0 saturated carbocycles. The molecule has 320 valence electrons. The minimum atomic E-state index is -4.95. The smallest absolute Gasteiger partial charge is 0.253 e. The van der Waals surface area contributed by atoms with Crippen LogP contribution < -0.4 is 15.5 Å². The Morgan fingerprint density at radius 1 is 0.883 bits per heavy atom. The Hall–Kier alpha value is -5.22. The van der Waals surface area contributed by atoms with E-state index in [4.69, 9.17) is 4.74 Å². The number of para-hydroxylation sites is 2. The minimum absolute atomic E-state index is 0.0174. The second-order valence-corrected chi connectivity index (χ2v) is 19.2. The molecule has 2 N–H and O–H groups in total. The number of fused-ring (bicyclic) bond motifs is 2. The summed E-state index contributed by atoms with van der Waals surface area (Å²) < 4.78 is 45.3. The van der Waals surface area contributed by atoms with Gasteiger partial charge >= 0.3 is 0 Å². The number of nitrogens with zero attached hydrogens (tertiary/aromatic N) is 4. The van der Waals surface area contributed by atoms with E-state index < -0.39 is 50.5 Å². The van der Waals surface area contributed by atoms with Crippen LogP contribution >= 0.6 is 0 Å². The lowest BCUT2D eigenvalue weighted by Crippen LogP contribution is -2.51. The predicted molar refractivity (Wildman–Crippen MR) is 229 cm³/mol. The molecule has 15 heteroatoms. The van der Waals surface area contributed by atoms with E-state index in [2.05, 4.69) is 76.5 Å². The summed E-state index contributed by atoms with van der Waals surface area (Å²) in [5.41, 5.74) is 5.71. The molecule has 3 aliphatic heterocycles. The van der Waals surface area contributed by atoms with Crippen LogP contribution in [0.1, 0.15) is 51.7 Å². The fraction of sp³-hybridized carbons (Fsp3) is 0.444. The normalized spacial score (nSPS) is 20.1. The zero-order valence-electron chi connectivity index (χ0n) is 35.8. The molecule has 1 aliphatic carbocycles. The second-order valence-electron chi connectivity index (χ2n) is 17.8. The lowest BCUT2D eigenvalue weighted by atomic mass is 9.77. The van der Waals surface area contributed by atoms with Crippen LogP contribution in [0.2, 0.25) is 0 Å². The molecule has 3 amide bonds. The van der Waals surface area contributed by atoms with Gasteiger partial charge in [-0.1, -0.05) is 50.2 Å². The summed E-state index contributed by atoms with van der Waals surface area (Å²) >= 11 is 0. The third-order valence-electron chi connectivity index (χ3n) is 11.7. The second kappa shape index (κ2) is 17.0. The largest absolute Gasteiger partial charge is 0.748 e. The molecule has 4 aliphatic rings. The van der Waals surface area contributed by atoms with Gasteiger partial charge in [-0.2, -0.15) is 4.58 Å². The first-order valence-electron chi connectivity index (χ1n) is 20.3. The Balaban J connectivity index is 1.34. The maximum absolute atomic E-state index is 14.5. The summed E-state index contributed by atoms with van der Waals surface area (Å²) in [6.07, 6.45) is 7.89. The molecule has 0 saturated heterocycles. The van der Waals surface area contributed by atoms with Crippen molar-refractivity contribution < 1.29 is 45.9 Å². The highest BCUT2D eigenvalue weighted by atomic mass is 32.2. The number of carbonyl (C=O) groups excluding carboxylic acids is 4. The maximum Gasteiger partial charge on any atom is 0.253 e. The first kappa shape index (κ1) is 44.3. The molecule has 0 radical (unpaired) electrons. The lowest BCUT2D eigenvalue weighted by molar-refractivity contribution is -0.870. The molecule has 0 fully saturated rings. The van der Waals surface area contributed by atoms with Crippen molar-refractivity contribution in [2.75, 3.05) is 78.2 Å². The van der Waals surface area contributed by atoms with Gasteiger partial charge in [0.25, 0.3) is 11.8 Å². The Morgan fingerprint density at radius 2 is 1.53 bits per heavy atom. The first-order chi connectivity index (χ1) is 28.1. The highest BCUT2D eigenvalue weighted by Crippen LogP contribution is 2.49. The number of ketones is 1. The van der Waals surface area contributed by atoms with Crippen LogP contribution in [0.5, 0.6) is 0 Å². The number of benzene rings is 2. The molecule has 1 unspecified atom stereocenters. The van der Waals surface area contributed by atoms with Gasteiger partial charge in [0.2, 0.25) is 11.6 Å². The average Bonchev–Trinajstić information content (AvgIpc) is 3.68. The molecule has 60 heavy (non-hydrogen) atoms. The van der Waals surface area contributed by atoms with Gasteiger partial charge in [-0.05, 0) is 44.4 Å². The highest BCUT2D eigenvalue weighted by Gasteiger charge is 2.47. The van der Waals surface area contributed by atoms with Crippen LogP contribution in [-0.2, 0) is 44.9 Å². The van der Waals surface area contributed by atoms with Crippen LogP contribution in [0.15, 0.2) is 95.4 Å². The van der Waals surface area contributed by atoms with E-state index in [1.54, 1.807) is 6.08 Å². The molecule has 14 nitrogen and oxygen atoms in total. The lowest BCUT2D eigenvalue weighted by Gasteiger charge is -2.33. The third kappa shape index (κ3) is 9.24. The Kier molecular flexibility index (Phi) is 12.6. The number of imide groups is 1. The number of rotatable bonds is 18. The number of quaternary nitrogens is 1. The van der Waals surface area contributed by atoms with Crippen molar-refractivity contribution in [2.24, 2.45) is 0 Å². The molecular formula is C45H57N6O8S+. The summed E-state index contributed by atoms with van der Waals surface area (Å²) in [6, 6.07) is 14.6. The zero-order chi connectivity index (χ0) is 43.8. The standard InChI is InChI=1S/C45H56N6O8S/c1-44(2)32-15-9-11-17-35(32)48(5)37(44)27-30-41(47-34(29-60(56,57)58)43(55)46-21-25-59-26-23-50-39(52)19-20-40(50)53)31(42(30)54)28-38-45(3,4)33-16-10-12-18-36(33)49(38)22-13-14-24-51(6,7)8/h9-12,15-20,27-28,34H,13-14,21-26,29H2,1-8H3,(H-2,46,47,54,55,56,57,58)/p+1. The number of nitrogens with one attached hydrogen (secondary N) is 2. The predicted octanol–water partition coefficient (Wildman–Crippen LogP) is 3.19. The average molecular weight is 842 g/mol. The van der Waals surface area contributed by atoms with E-state index in [1.165, 1.54) is 12.2 Å². The molecule has 0 spiro atoms. The number of Topliss-reactive ketones (excluding diaryl/α,β-unsaturated/α-hetero) is 1. The SMILES string of the molecule is C[N+]1=C(/C=C2\C(=O)C(/C=C3/N(CCCC[N+](C)(C)C)c4ccccc4C3(C)C)=C2NC(CS(=O)(=O)[O-])C(=O)NCCOCCN2C(=O)C=CC2=O)C(C)(C)c2ccccc21. The number of anilines is 1. The van der Waals surface area contributed by atoms with E-state index in [-0.39, 0.29) is 48.9 Å². The topological polar surface area (TPSA) is 168 Å². The van der Waals surface area contributed by atoms with Crippen molar-refractivity contribution in [3.05, 3.63) is 107 Å². The summed E-state index contributed by atoms with van der Waals surface area (Å²) in [4.78, 5) is 55.2. The zero-order valence-corrected chi connectivity index (χ0v) is 36.6. The van der Waals surface area contributed by atoms with Gasteiger partial charge in [0.1, 0.15) is 13.1 Å². The van der Waals surface area contributed by atoms with E-state index in [0.717, 1.165) is 62.7 Å². The molecular weight excluding hydrogens is 785 g/mol. The van der Waals surface area contributed by atoms with E-state index in [1.807, 2.05) is 54.1 Å². The number of amides is 3.